The number of ketones is 1. The maximum atomic E-state index is 12.6. The van der Waals surface area contributed by atoms with E-state index in [9.17, 15) is 14.4 Å². The number of aryl methyl sites for hydroxylation is 1. The summed E-state index contributed by atoms with van der Waals surface area (Å²) in [5, 5.41) is 0.297. The van der Waals surface area contributed by atoms with Gasteiger partial charge in [0.15, 0.2) is 17.3 Å². The van der Waals surface area contributed by atoms with Crippen molar-refractivity contribution in [3.8, 4) is 0 Å². The van der Waals surface area contributed by atoms with Crippen LogP contribution in [0, 0.1) is 24.2 Å². The van der Waals surface area contributed by atoms with Crippen LogP contribution < -0.4 is 0 Å². The van der Waals surface area contributed by atoms with Crippen LogP contribution in [0.25, 0.3) is 11.1 Å². The quantitative estimate of drug-likeness (QED) is 0.434. The van der Waals surface area contributed by atoms with Gasteiger partial charge in [0, 0.05) is 18.4 Å². The van der Waals surface area contributed by atoms with Crippen LogP contribution in [0.4, 0.5) is 0 Å². The number of hydrogen-bond acceptors (Lipinski definition) is 7. The Labute approximate surface area is 161 Å². The normalized spacial score (nSPS) is 19.0. The minimum absolute atomic E-state index is 0.201. The number of carbonyl (C=O) groups is 3. The summed E-state index contributed by atoms with van der Waals surface area (Å²) in [6.07, 6.45) is 0.387. The zero-order valence-corrected chi connectivity index (χ0v) is 16.3. The Bertz CT molecular complexity index is 926. The fourth-order valence-electron chi connectivity index (χ4n) is 2.67. The van der Waals surface area contributed by atoms with E-state index in [2.05, 4.69) is 4.98 Å². The second kappa shape index (κ2) is 6.96. The number of esters is 2. The standard InChI is InChI=1S/C19H20ClNO6/c1-9-21-14-6-10(5-13(20)16(14)27-9)15(22)11-7-12(11)17(23)25-8-26-18(24)19(2,3)4/h5-6,11-12H,7-8H2,1-4H3/t11-,12-/m0/s1. The third-order valence-corrected chi connectivity index (χ3v) is 4.55. The van der Waals surface area contributed by atoms with Crippen LogP contribution in [0.1, 0.15) is 43.4 Å². The number of oxazole rings is 1. The lowest BCUT2D eigenvalue weighted by Gasteiger charge is -2.16. The summed E-state index contributed by atoms with van der Waals surface area (Å²) in [6.45, 7) is 6.33. The number of carbonyl (C=O) groups excluding carboxylic acids is 3. The molecule has 0 spiro atoms. The van der Waals surface area contributed by atoms with Gasteiger partial charge in [0.2, 0.25) is 6.79 Å². The number of rotatable bonds is 5. The van der Waals surface area contributed by atoms with Gasteiger partial charge in [-0.3, -0.25) is 14.4 Å². The minimum atomic E-state index is -0.679. The van der Waals surface area contributed by atoms with Crippen molar-refractivity contribution < 1.29 is 28.3 Å². The van der Waals surface area contributed by atoms with E-state index in [1.54, 1.807) is 33.8 Å². The first-order chi connectivity index (χ1) is 12.6. The van der Waals surface area contributed by atoms with Gasteiger partial charge in [-0.05, 0) is 39.3 Å². The minimum Gasteiger partial charge on any atom is -0.439 e. The van der Waals surface area contributed by atoms with E-state index in [0.717, 1.165) is 0 Å². The number of aromatic nitrogens is 1. The van der Waals surface area contributed by atoms with Gasteiger partial charge in [-0.15, -0.1) is 0 Å². The molecule has 1 aliphatic carbocycles. The van der Waals surface area contributed by atoms with Crippen molar-refractivity contribution in [3.05, 3.63) is 28.6 Å². The fourth-order valence-corrected chi connectivity index (χ4v) is 2.92. The topological polar surface area (TPSA) is 95.7 Å². The highest BCUT2D eigenvalue weighted by Gasteiger charge is 2.49. The maximum absolute atomic E-state index is 12.6. The molecule has 1 aromatic heterocycles. The number of hydrogen-bond donors (Lipinski definition) is 0. The van der Waals surface area contributed by atoms with Crippen LogP contribution >= 0.6 is 11.6 Å². The molecule has 0 saturated heterocycles. The van der Waals surface area contributed by atoms with Gasteiger partial charge >= 0.3 is 11.9 Å². The molecule has 3 rings (SSSR count). The van der Waals surface area contributed by atoms with Crippen LogP contribution in [0.2, 0.25) is 5.02 Å². The Kier molecular flexibility index (Phi) is 4.99. The van der Waals surface area contributed by atoms with Crippen LogP contribution in [-0.4, -0.2) is 29.5 Å². The van der Waals surface area contributed by atoms with Gasteiger partial charge in [0.1, 0.15) is 5.52 Å². The number of ether oxygens (including phenoxy) is 2. The van der Waals surface area contributed by atoms with Crippen molar-refractivity contribution >= 4 is 40.4 Å². The smallest absolute Gasteiger partial charge is 0.314 e. The lowest BCUT2D eigenvalue weighted by Crippen LogP contribution is -2.25. The molecule has 0 amide bonds. The lowest BCUT2D eigenvalue weighted by atomic mass is 9.98. The largest absolute Gasteiger partial charge is 0.439 e. The third kappa shape index (κ3) is 4.13. The van der Waals surface area contributed by atoms with Crippen molar-refractivity contribution in [1.29, 1.82) is 0 Å². The second-order valence-corrected chi connectivity index (χ2v) is 8.02. The summed E-state index contributed by atoms with van der Waals surface area (Å²) in [7, 11) is 0. The summed E-state index contributed by atoms with van der Waals surface area (Å²) in [4.78, 5) is 40.5. The summed E-state index contributed by atoms with van der Waals surface area (Å²) in [6, 6.07) is 3.12. The van der Waals surface area contributed by atoms with Crippen LogP contribution in [-0.2, 0) is 19.1 Å². The van der Waals surface area contributed by atoms with Crippen LogP contribution in [0.3, 0.4) is 0 Å². The molecule has 0 radical (unpaired) electrons. The highest BCUT2D eigenvalue weighted by Crippen LogP contribution is 2.42. The molecule has 0 bridgehead atoms. The molecule has 2 aromatic rings. The monoisotopic (exact) mass is 393 g/mol. The summed E-state index contributed by atoms with van der Waals surface area (Å²) < 4.78 is 15.2. The van der Waals surface area contributed by atoms with Crippen molar-refractivity contribution in [1.82, 2.24) is 4.98 Å². The van der Waals surface area contributed by atoms with Gasteiger partial charge in [-0.1, -0.05) is 11.6 Å². The molecule has 1 heterocycles. The molecule has 7 nitrogen and oxygen atoms in total. The van der Waals surface area contributed by atoms with Gasteiger partial charge in [-0.25, -0.2) is 4.98 Å². The van der Waals surface area contributed by atoms with Crippen molar-refractivity contribution in [2.24, 2.45) is 17.3 Å². The zero-order chi connectivity index (χ0) is 19.9. The first kappa shape index (κ1) is 19.4. The Morgan fingerprint density at radius 3 is 2.59 bits per heavy atom. The molecular weight excluding hydrogens is 374 g/mol. The molecule has 0 N–H and O–H groups in total. The zero-order valence-electron chi connectivity index (χ0n) is 15.5. The van der Waals surface area contributed by atoms with E-state index in [4.69, 9.17) is 25.5 Å². The number of fused-ring (bicyclic) bond motifs is 1. The number of nitrogens with zero attached hydrogens (tertiary/aromatic N) is 1. The highest BCUT2D eigenvalue weighted by molar-refractivity contribution is 6.35. The van der Waals surface area contributed by atoms with Crippen molar-refractivity contribution in [3.63, 3.8) is 0 Å². The van der Waals surface area contributed by atoms with E-state index in [0.29, 0.717) is 34.0 Å². The van der Waals surface area contributed by atoms with E-state index in [-0.39, 0.29) is 5.78 Å². The van der Waals surface area contributed by atoms with Gasteiger partial charge < -0.3 is 13.9 Å². The van der Waals surface area contributed by atoms with E-state index < -0.39 is 36.0 Å². The predicted molar refractivity (Wildman–Crippen MR) is 96.2 cm³/mol. The number of halogens is 1. The molecule has 0 unspecified atom stereocenters. The first-order valence-corrected chi connectivity index (χ1v) is 8.90. The molecule has 1 aromatic carbocycles. The molecule has 1 aliphatic rings. The molecular formula is C19H20ClNO6. The molecule has 2 atom stereocenters. The molecule has 27 heavy (non-hydrogen) atoms. The van der Waals surface area contributed by atoms with E-state index in [1.165, 1.54) is 6.07 Å². The van der Waals surface area contributed by atoms with E-state index >= 15 is 0 Å². The maximum Gasteiger partial charge on any atom is 0.314 e. The van der Waals surface area contributed by atoms with Crippen LogP contribution in [0.15, 0.2) is 16.5 Å². The Balaban J connectivity index is 1.59. The lowest BCUT2D eigenvalue weighted by molar-refractivity contribution is -0.174. The Morgan fingerprint density at radius 1 is 1.22 bits per heavy atom. The van der Waals surface area contributed by atoms with Gasteiger partial charge in [-0.2, -0.15) is 0 Å². The third-order valence-electron chi connectivity index (χ3n) is 4.27. The van der Waals surface area contributed by atoms with Gasteiger partial charge in [0.25, 0.3) is 0 Å². The molecule has 8 heteroatoms. The molecule has 1 saturated carbocycles. The molecule has 144 valence electrons. The van der Waals surface area contributed by atoms with Gasteiger partial charge in [0.05, 0.1) is 16.4 Å². The molecule has 1 fully saturated rings. The SMILES string of the molecule is Cc1nc2cc(C(=O)[C@H]3C[C@@H]3C(=O)OCOC(=O)C(C)(C)C)cc(Cl)c2o1. The fraction of sp³-hybridized carbons (Fsp3) is 0.474. The Hall–Kier alpha value is -2.41. The average Bonchev–Trinajstić information content (AvgIpc) is 3.28. The first-order valence-electron chi connectivity index (χ1n) is 8.52. The average molecular weight is 394 g/mol. The number of Topliss-reactive ketones (excluding diaryl/α,β-unsaturated/α-hetero) is 1. The van der Waals surface area contributed by atoms with Crippen molar-refractivity contribution in [2.75, 3.05) is 6.79 Å². The summed E-state index contributed by atoms with van der Waals surface area (Å²) in [5.41, 5.74) is 0.623. The Morgan fingerprint density at radius 2 is 1.93 bits per heavy atom. The highest BCUT2D eigenvalue weighted by atomic mass is 35.5. The second-order valence-electron chi connectivity index (χ2n) is 7.62. The summed E-state index contributed by atoms with van der Waals surface area (Å²) in [5.74, 6) is -1.79. The number of benzene rings is 1. The summed E-state index contributed by atoms with van der Waals surface area (Å²) >= 11 is 6.15. The van der Waals surface area contributed by atoms with Crippen LogP contribution in [0.5, 0.6) is 0 Å². The predicted octanol–water partition coefficient (Wildman–Crippen LogP) is 3.70. The van der Waals surface area contributed by atoms with Crippen molar-refractivity contribution in [2.45, 2.75) is 34.1 Å². The van der Waals surface area contributed by atoms with E-state index in [1.807, 2.05) is 0 Å². The molecule has 0 aliphatic heterocycles.